The van der Waals surface area contributed by atoms with Crippen LogP contribution >= 0.6 is 0 Å². The van der Waals surface area contributed by atoms with Crippen molar-refractivity contribution < 1.29 is 14.7 Å². The van der Waals surface area contributed by atoms with Crippen LogP contribution in [0.1, 0.15) is 11.1 Å². The van der Waals surface area contributed by atoms with Crippen LogP contribution < -0.4 is 10.6 Å². The Morgan fingerprint density at radius 1 is 1.10 bits per heavy atom. The number of carboxylic acids is 1. The van der Waals surface area contributed by atoms with Gasteiger partial charge >= 0.3 is 12.0 Å². The van der Waals surface area contributed by atoms with Crippen molar-refractivity contribution in [1.82, 2.24) is 15.5 Å². The zero-order chi connectivity index (χ0) is 15.0. The quantitative estimate of drug-likeness (QED) is 0.641. The molecule has 0 fully saturated rings. The summed E-state index contributed by atoms with van der Waals surface area (Å²) in [5, 5.41) is 14.6. The molecule has 3 N–H and O–H groups in total. The number of nitrogens with one attached hydrogen (secondary N) is 2. The maximum absolute atomic E-state index is 11.2. The van der Waals surface area contributed by atoms with Gasteiger partial charge in [-0.1, -0.05) is 24.3 Å². The smallest absolute Gasteiger partial charge is 0.316 e. The van der Waals surface area contributed by atoms with Gasteiger partial charge in [0.1, 0.15) is 0 Å². The topological polar surface area (TPSA) is 81.7 Å². The highest BCUT2D eigenvalue weighted by Crippen LogP contribution is 2.04. The fourth-order valence-electron chi connectivity index (χ4n) is 1.60. The van der Waals surface area contributed by atoms with Gasteiger partial charge in [0, 0.05) is 33.7 Å². The first-order valence-electron chi connectivity index (χ1n) is 6.44. The summed E-state index contributed by atoms with van der Waals surface area (Å²) in [6, 6.07) is 7.34. The Morgan fingerprint density at radius 2 is 1.70 bits per heavy atom. The molecule has 2 amide bonds. The second kappa shape index (κ2) is 8.16. The van der Waals surface area contributed by atoms with Gasteiger partial charge in [-0.3, -0.25) is 4.79 Å². The number of hydrogen-bond donors (Lipinski definition) is 3. The molecule has 1 rings (SSSR count). The average molecular weight is 279 g/mol. The number of carboxylic acid groups (broad SMARTS) is 1. The fraction of sp³-hybridized carbons (Fsp3) is 0.429. The molecule has 0 unspecified atom stereocenters. The molecule has 20 heavy (non-hydrogen) atoms. The number of nitrogens with zero attached hydrogens (tertiary/aromatic N) is 1. The largest absolute Gasteiger partial charge is 0.481 e. The van der Waals surface area contributed by atoms with E-state index in [-0.39, 0.29) is 12.5 Å². The van der Waals surface area contributed by atoms with E-state index in [1.807, 2.05) is 24.3 Å². The molecule has 0 aromatic heterocycles. The van der Waals surface area contributed by atoms with E-state index in [0.29, 0.717) is 19.6 Å². The molecule has 0 spiro atoms. The van der Waals surface area contributed by atoms with Crippen molar-refractivity contribution >= 4 is 12.0 Å². The van der Waals surface area contributed by atoms with Crippen LogP contribution in [0.2, 0.25) is 0 Å². The minimum absolute atomic E-state index is 0.0459. The molecule has 0 aliphatic rings. The second-order valence-electron chi connectivity index (χ2n) is 4.69. The highest BCUT2D eigenvalue weighted by Gasteiger charge is 2.01. The number of carbonyl (C=O) groups excluding carboxylic acids is 1. The van der Waals surface area contributed by atoms with Gasteiger partial charge in [0.05, 0.1) is 6.42 Å². The van der Waals surface area contributed by atoms with Crippen LogP contribution in [0.15, 0.2) is 24.3 Å². The normalized spacial score (nSPS) is 10.1. The lowest BCUT2D eigenvalue weighted by molar-refractivity contribution is -0.136. The van der Waals surface area contributed by atoms with Crippen LogP contribution in [0.5, 0.6) is 0 Å². The number of urea groups is 1. The summed E-state index contributed by atoms with van der Waals surface area (Å²) < 4.78 is 0. The number of carbonyl (C=O) groups is 2. The van der Waals surface area contributed by atoms with Crippen LogP contribution in [0, 0.1) is 0 Å². The highest BCUT2D eigenvalue weighted by molar-refractivity contribution is 5.73. The van der Waals surface area contributed by atoms with E-state index in [2.05, 4.69) is 10.6 Å². The summed E-state index contributed by atoms with van der Waals surface area (Å²) in [6.45, 7) is 1.93. The van der Waals surface area contributed by atoms with Gasteiger partial charge in [0.15, 0.2) is 0 Å². The summed E-state index contributed by atoms with van der Waals surface area (Å²) in [6.07, 6.45) is 0.0459. The Morgan fingerprint density at radius 3 is 2.25 bits per heavy atom. The zero-order valence-corrected chi connectivity index (χ0v) is 11.8. The van der Waals surface area contributed by atoms with Crippen molar-refractivity contribution in [2.24, 2.45) is 0 Å². The standard InChI is InChI=1S/C14H21N3O3/c1-17(2)14(20)16-8-7-15-10-12-5-3-11(4-6-12)9-13(18)19/h3-6,15H,7-10H2,1-2H3,(H,16,20)(H,18,19). The van der Waals surface area contributed by atoms with Crippen LogP contribution in [-0.4, -0.2) is 49.2 Å². The first kappa shape index (κ1) is 16.0. The predicted octanol–water partition coefficient (Wildman–Crippen LogP) is 0.675. The monoisotopic (exact) mass is 279 g/mol. The van der Waals surface area contributed by atoms with Crippen molar-refractivity contribution in [2.75, 3.05) is 27.2 Å². The molecule has 0 saturated carbocycles. The Kier molecular flexibility index (Phi) is 6.52. The minimum atomic E-state index is -0.826. The molecule has 0 heterocycles. The van der Waals surface area contributed by atoms with Gasteiger partial charge in [0.2, 0.25) is 0 Å². The molecule has 6 heteroatoms. The lowest BCUT2D eigenvalue weighted by atomic mass is 10.1. The Bertz CT molecular complexity index is 443. The molecule has 0 bridgehead atoms. The molecule has 1 aromatic rings. The summed E-state index contributed by atoms with van der Waals surface area (Å²) in [7, 11) is 3.39. The van der Waals surface area contributed by atoms with Crippen molar-refractivity contribution in [1.29, 1.82) is 0 Å². The van der Waals surface area contributed by atoms with Crippen LogP contribution in [-0.2, 0) is 17.8 Å². The molecule has 1 aromatic carbocycles. The molecule has 0 aliphatic carbocycles. The SMILES string of the molecule is CN(C)C(=O)NCCNCc1ccc(CC(=O)O)cc1. The van der Waals surface area contributed by atoms with E-state index in [1.165, 1.54) is 4.90 Å². The number of amides is 2. The van der Waals surface area contributed by atoms with E-state index in [4.69, 9.17) is 5.11 Å². The first-order chi connectivity index (χ1) is 9.49. The van der Waals surface area contributed by atoms with Gasteiger partial charge in [-0.25, -0.2) is 4.79 Å². The van der Waals surface area contributed by atoms with E-state index in [1.54, 1.807) is 14.1 Å². The number of benzene rings is 1. The third-order valence-corrected chi connectivity index (χ3v) is 2.69. The first-order valence-corrected chi connectivity index (χ1v) is 6.44. The molecule has 0 atom stereocenters. The third kappa shape index (κ3) is 6.19. The lowest BCUT2D eigenvalue weighted by Crippen LogP contribution is -2.38. The number of aliphatic carboxylic acids is 1. The molecule has 0 saturated heterocycles. The number of rotatable bonds is 7. The molecular weight excluding hydrogens is 258 g/mol. The second-order valence-corrected chi connectivity index (χ2v) is 4.69. The summed E-state index contributed by atoms with van der Waals surface area (Å²) in [5.74, 6) is -0.826. The summed E-state index contributed by atoms with van der Waals surface area (Å²) in [4.78, 5) is 23.3. The third-order valence-electron chi connectivity index (χ3n) is 2.69. The molecule has 0 aliphatic heterocycles. The van der Waals surface area contributed by atoms with Gasteiger partial charge in [-0.15, -0.1) is 0 Å². The van der Waals surface area contributed by atoms with Crippen LogP contribution in [0.4, 0.5) is 4.79 Å². The lowest BCUT2D eigenvalue weighted by Gasteiger charge is -2.12. The Labute approximate surface area is 118 Å². The number of hydrogen-bond acceptors (Lipinski definition) is 3. The Hall–Kier alpha value is -2.08. The van der Waals surface area contributed by atoms with Gasteiger partial charge < -0.3 is 20.6 Å². The summed E-state index contributed by atoms with van der Waals surface area (Å²) in [5.41, 5.74) is 1.87. The maximum atomic E-state index is 11.2. The van der Waals surface area contributed by atoms with Gasteiger partial charge in [-0.05, 0) is 11.1 Å². The summed E-state index contributed by atoms with van der Waals surface area (Å²) >= 11 is 0. The zero-order valence-electron chi connectivity index (χ0n) is 11.8. The predicted molar refractivity (Wildman–Crippen MR) is 76.6 cm³/mol. The van der Waals surface area contributed by atoms with E-state index < -0.39 is 5.97 Å². The van der Waals surface area contributed by atoms with Gasteiger partial charge in [-0.2, -0.15) is 0 Å². The van der Waals surface area contributed by atoms with Crippen molar-refractivity contribution in [3.63, 3.8) is 0 Å². The van der Waals surface area contributed by atoms with Crippen LogP contribution in [0.3, 0.4) is 0 Å². The van der Waals surface area contributed by atoms with Crippen LogP contribution in [0.25, 0.3) is 0 Å². The highest BCUT2D eigenvalue weighted by atomic mass is 16.4. The van der Waals surface area contributed by atoms with E-state index in [0.717, 1.165) is 11.1 Å². The molecule has 0 radical (unpaired) electrons. The fourth-order valence-corrected chi connectivity index (χ4v) is 1.60. The average Bonchev–Trinajstić information content (AvgIpc) is 2.39. The molecule has 110 valence electrons. The Balaban J connectivity index is 2.22. The van der Waals surface area contributed by atoms with Gasteiger partial charge in [0.25, 0.3) is 0 Å². The molecule has 6 nitrogen and oxygen atoms in total. The maximum Gasteiger partial charge on any atom is 0.316 e. The van der Waals surface area contributed by atoms with Crippen molar-refractivity contribution in [3.8, 4) is 0 Å². The van der Waals surface area contributed by atoms with Crippen molar-refractivity contribution in [2.45, 2.75) is 13.0 Å². The van der Waals surface area contributed by atoms with Crippen molar-refractivity contribution in [3.05, 3.63) is 35.4 Å². The minimum Gasteiger partial charge on any atom is -0.481 e. The van der Waals surface area contributed by atoms with E-state index >= 15 is 0 Å². The van der Waals surface area contributed by atoms with E-state index in [9.17, 15) is 9.59 Å². The molecular formula is C14H21N3O3.